The fourth-order valence-electron chi connectivity index (χ4n) is 2.61. The largest absolute Gasteiger partial charge is 0.322 e. The smallest absolute Gasteiger partial charge is 0.256 e. The highest BCUT2D eigenvalue weighted by Gasteiger charge is 2.28. The molecule has 0 spiro atoms. The molecule has 0 heterocycles. The second-order valence-electron chi connectivity index (χ2n) is 5.01. The maximum Gasteiger partial charge on any atom is 0.256 e. The fourth-order valence-corrected chi connectivity index (χ4v) is 3.27. The Morgan fingerprint density at radius 1 is 1.47 bits per heavy atom. The van der Waals surface area contributed by atoms with Gasteiger partial charge in [0.2, 0.25) is 0 Å². The van der Waals surface area contributed by atoms with E-state index in [-0.39, 0.29) is 18.5 Å². The minimum atomic E-state index is -0.0414. The minimum absolute atomic E-state index is 0.0414. The van der Waals surface area contributed by atoms with E-state index in [4.69, 9.17) is 5.26 Å². The molecular formula is C15H17BrN2O. The fraction of sp³-hybridized carbons (Fsp3) is 0.467. The monoisotopic (exact) mass is 320 g/mol. The van der Waals surface area contributed by atoms with Crippen molar-refractivity contribution >= 4 is 21.8 Å². The van der Waals surface area contributed by atoms with Gasteiger partial charge >= 0.3 is 0 Å². The van der Waals surface area contributed by atoms with Gasteiger partial charge in [0.1, 0.15) is 6.54 Å². The highest BCUT2D eigenvalue weighted by Crippen LogP contribution is 2.27. The normalized spacial score (nSPS) is 15.2. The van der Waals surface area contributed by atoms with Gasteiger partial charge in [-0.15, -0.1) is 0 Å². The lowest BCUT2D eigenvalue weighted by Gasteiger charge is -2.27. The van der Waals surface area contributed by atoms with Crippen molar-refractivity contribution in [3.8, 4) is 6.07 Å². The maximum atomic E-state index is 12.6. The number of carbonyl (C=O) groups is 1. The Balaban J connectivity index is 2.25. The summed E-state index contributed by atoms with van der Waals surface area (Å²) in [6.07, 6.45) is 4.32. The SMILES string of the molecule is Cc1ccc(C(=O)N(CC#N)C2CCCC2)c(Br)c1. The van der Waals surface area contributed by atoms with Gasteiger partial charge in [0.15, 0.2) is 0 Å². The molecule has 0 saturated heterocycles. The third-order valence-electron chi connectivity index (χ3n) is 3.62. The first kappa shape index (κ1) is 14.1. The zero-order valence-electron chi connectivity index (χ0n) is 11.0. The molecule has 1 aliphatic carbocycles. The number of rotatable bonds is 3. The molecular weight excluding hydrogens is 304 g/mol. The van der Waals surface area contributed by atoms with Gasteiger partial charge in [-0.3, -0.25) is 4.79 Å². The minimum Gasteiger partial charge on any atom is -0.322 e. The van der Waals surface area contributed by atoms with E-state index in [0.717, 1.165) is 35.7 Å². The molecule has 0 radical (unpaired) electrons. The number of hydrogen-bond acceptors (Lipinski definition) is 2. The predicted molar refractivity (Wildman–Crippen MR) is 77.8 cm³/mol. The summed E-state index contributed by atoms with van der Waals surface area (Å²) < 4.78 is 0.804. The maximum absolute atomic E-state index is 12.6. The number of aryl methyl sites for hydroxylation is 1. The third-order valence-corrected chi connectivity index (χ3v) is 4.28. The van der Waals surface area contributed by atoms with Crippen LogP contribution in [-0.2, 0) is 0 Å². The molecule has 1 amide bonds. The van der Waals surface area contributed by atoms with E-state index in [2.05, 4.69) is 22.0 Å². The lowest BCUT2D eigenvalue weighted by atomic mass is 10.1. The Hall–Kier alpha value is -1.34. The van der Waals surface area contributed by atoms with Gasteiger partial charge in [0.25, 0.3) is 5.91 Å². The quantitative estimate of drug-likeness (QED) is 0.797. The van der Waals surface area contributed by atoms with Crippen LogP contribution in [0.2, 0.25) is 0 Å². The van der Waals surface area contributed by atoms with Crippen LogP contribution in [0.3, 0.4) is 0 Å². The van der Waals surface area contributed by atoms with Crippen LogP contribution in [0.25, 0.3) is 0 Å². The van der Waals surface area contributed by atoms with Gasteiger partial charge in [-0.05, 0) is 53.4 Å². The standard InChI is InChI=1S/C15H17BrN2O/c1-11-6-7-13(14(16)10-11)15(19)18(9-8-17)12-4-2-3-5-12/h6-7,10,12H,2-5,9H2,1H3. The Morgan fingerprint density at radius 2 is 2.16 bits per heavy atom. The highest BCUT2D eigenvalue weighted by atomic mass is 79.9. The van der Waals surface area contributed by atoms with E-state index >= 15 is 0 Å². The summed E-state index contributed by atoms with van der Waals surface area (Å²) in [5, 5.41) is 8.95. The van der Waals surface area contributed by atoms with Gasteiger partial charge < -0.3 is 4.90 Å². The van der Waals surface area contributed by atoms with Crippen molar-refractivity contribution < 1.29 is 4.79 Å². The zero-order chi connectivity index (χ0) is 13.8. The molecule has 1 saturated carbocycles. The first-order valence-electron chi connectivity index (χ1n) is 6.57. The summed E-state index contributed by atoms with van der Waals surface area (Å²) in [6.45, 7) is 2.16. The molecule has 1 aliphatic rings. The number of hydrogen-bond donors (Lipinski definition) is 0. The van der Waals surface area contributed by atoms with Crippen LogP contribution in [0.1, 0.15) is 41.6 Å². The molecule has 1 aromatic carbocycles. The topological polar surface area (TPSA) is 44.1 Å². The van der Waals surface area contributed by atoms with E-state index in [0.29, 0.717) is 5.56 Å². The average molecular weight is 321 g/mol. The molecule has 0 aromatic heterocycles. The van der Waals surface area contributed by atoms with Gasteiger partial charge in [-0.2, -0.15) is 5.26 Å². The van der Waals surface area contributed by atoms with Crippen LogP contribution >= 0.6 is 15.9 Å². The Morgan fingerprint density at radius 3 is 2.74 bits per heavy atom. The first-order valence-corrected chi connectivity index (χ1v) is 7.37. The second kappa shape index (κ2) is 6.21. The first-order chi connectivity index (χ1) is 9.13. The molecule has 1 fully saturated rings. The molecule has 0 unspecified atom stereocenters. The molecule has 100 valence electrons. The van der Waals surface area contributed by atoms with Gasteiger partial charge in [-0.25, -0.2) is 0 Å². The van der Waals surface area contributed by atoms with E-state index in [1.165, 1.54) is 0 Å². The third kappa shape index (κ3) is 3.16. The van der Waals surface area contributed by atoms with Gasteiger partial charge in [0, 0.05) is 10.5 Å². The van der Waals surface area contributed by atoms with E-state index in [1.807, 2.05) is 25.1 Å². The Kier molecular flexibility index (Phi) is 4.60. The molecule has 0 bridgehead atoms. The lowest BCUT2D eigenvalue weighted by molar-refractivity contribution is 0.0708. The number of nitrogens with zero attached hydrogens (tertiary/aromatic N) is 2. The molecule has 4 heteroatoms. The summed E-state index contributed by atoms with van der Waals surface area (Å²) in [5.41, 5.74) is 1.75. The molecule has 0 N–H and O–H groups in total. The van der Waals surface area contributed by atoms with Crippen LogP contribution < -0.4 is 0 Å². The van der Waals surface area contributed by atoms with E-state index in [1.54, 1.807) is 4.90 Å². The molecule has 0 aliphatic heterocycles. The predicted octanol–water partition coefficient (Wildman–Crippen LogP) is 3.67. The van der Waals surface area contributed by atoms with Crippen molar-refractivity contribution in [2.45, 2.75) is 38.6 Å². The molecule has 3 nitrogen and oxygen atoms in total. The Bertz CT molecular complexity index is 515. The van der Waals surface area contributed by atoms with E-state index < -0.39 is 0 Å². The van der Waals surface area contributed by atoms with Crippen molar-refractivity contribution in [2.24, 2.45) is 0 Å². The van der Waals surface area contributed by atoms with Crippen molar-refractivity contribution in [3.63, 3.8) is 0 Å². The molecule has 19 heavy (non-hydrogen) atoms. The number of halogens is 1. The Labute approximate surface area is 122 Å². The van der Waals surface area contributed by atoms with E-state index in [9.17, 15) is 4.79 Å². The molecule has 1 aromatic rings. The summed E-state index contributed by atoms with van der Waals surface area (Å²) in [5.74, 6) is -0.0414. The highest BCUT2D eigenvalue weighted by molar-refractivity contribution is 9.10. The van der Waals surface area contributed by atoms with Crippen LogP contribution in [0.15, 0.2) is 22.7 Å². The lowest BCUT2D eigenvalue weighted by Crippen LogP contribution is -2.39. The molecule has 2 rings (SSSR count). The van der Waals surface area contributed by atoms with Crippen LogP contribution in [0, 0.1) is 18.3 Å². The van der Waals surface area contributed by atoms with Crippen LogP contribution in [-0.4, -0.2) is 23.4 Å². The van der Waals surface area contributed by atoms with Crippen LogP contribution in [0.5, 0.6) is 0 Å². The summed E-state index contributed by atoms with van der Waals surface area (Å²) in [7, 11) is 0. The second-order valence-corrected chi connectivity index (χ2v) is 5.87. The van der Waals surface area contributed by atoms with Crippen molar-refractivity contribution in [1.29, 1.82) is 5.26 Å². The number of nitriles is 1. The van der Waals surface area contributed by atoms with Gasteiger partial charge in [-0.1, -0.05) is 18.9 Å². The number of carbonyl (C=O) groups excluding carboxylic acids is 1. The molecule has 0 atom stereocenters. The van der Waals surface area contributed by atoms with Gasteiger partial charge in [0.05, 0.1) is 11.6 Å². The van der Waals surface area contributed by atoms with Crippen molar-refractivity contribution in [2.75, 3.05) is 6.54 Å². The number of benzene rings is 1. The zero-order valence-corrected chi connectivity index (χ0v) is 12.6. The summed E-state index contributed by atoms with van der Waals surface area (Å²) >= 11 is 3.45. The van der Waals surface area contributed by atoms with Crippen molar-refractivity contribution in [3.05, 3.63) is 33.8 Å². The number of amides is 1. The average Bonchev–Trinajstić information content (AvgIpc) is 2.89. The van der Waals surface area contributed by atoms with Crippen molar-refractivity contribution in [1.82, 2.24) is 4.90 Å². The summed E-state index contributed by atoms with van der Waals surface area (Å²) in [6, 6.07) is 8.04. The summed E-state index contributed by atoms with van der Waals surface area (Å²) in [4.78, 5) is 14.3. The van der Waals surface area contributed by atoms with Crippen LogP contribution in [0.4, 0.5) is 0 Å².